The van der Waals surface area contributed by atoms with Gasteiger partial charge in [-0.2, -0.15) is 5.26 Å². The summed E-state index contributed by atoms with van der Waals surface area (Å²) >= 11 is 0. The van der Waals surface area contributed by atoms with Gasteiger partial charge in [0.2, 0.25) is 5.91 Å². The lowest BCUT2D eigenvalue weighted by molar-refractivity contribution is -0.117. The minimum Gasteiger partial charge on any atom is -0.311 e. The number of benzene rings is 1. The molecular formula is C14H14N2O. The lowest BCUT2D eigenvalue weighted by Gasteiger charge is -2.17. The predicted molar refractivity (Wildman–Crippen MR) is 64.5 cm³/mol. The van der Waals surface area contributed by atoms with E-state index in [9.17, 15) is 4.79 Å². The molecule has 3 rings (SSSR count). The van der Waals surface area contributed by atoms with Crippen LogP contribution in [0, 0.1) is 17.2 Å². The van der Waals surface area contributed by atoms with Crippen molar-refractivity contribution in [1.82, 2.24) is 0 Å². The molecule has 1 aromatic carbocycles. The van der Waals surface area contributed by atoms with Gasteiger partial charge in [0.05, 0.1) is 12.0 Å². The van der Waals surface area contributed by atoms with E-state index in [0.717, 1.165) is 18.5 Å². The summed E-state index contributed by atoms with van der Waals surface area (Å²) in [5, 5.41) is 8.87. The maximum Gasteiger partial charge on any atom is 0.228 e. The van der Waals surface area contributed by atoms with E-state index in [1.807, 2.05) is 6.07 Å². The molecule has 0 bridgehead atoms. The zero-order valence-corrected chi connectivity index (χ0v) is 9.65. The predicted octanol–water partition coefficient (Wildman–Crippen LogP) is 2.05. The molecule has 1 aliphatic heterocycles. The molecule has 1 heterocycles. The zero-order chi connectivity index (χ0) is 11.8. The Kier molecular flexibility index (Phi) is 2.36. The standard InChI is InChI=1S/C14H14N2O/c15-8-10-6-14(17)16(9-10)13-5-4-11-2-1-3-12(11)7-13/h4-5,7,10H,1-3,6,9H2. The molecule has 1 aliphatic carbocycles. The molecule has 0 radical (unpaired) electrons. The van der Waals surface area contributed by atoms with Gasteiger partial charge in [-0.25, -0.2) is 0 Å². The summed E-state index contributed by atoms with van der Waals surface area (Å²) in [7, 11) is 0. The highest BCUT2D eigenvalue weighted by Gasteiger charge is 2.30. The van der Waals surface area contributed by atoms with Crippen LogP contribution in [0.25, 0.3) is 0 Å². The maximum atomic E-state index is 11.8. The highest BCUT2D eigenvalue weighted by atomic mass is 16.2. The van der Waals surface area contributed by atoms with Gasteiger partial charge in [0.1, 0.15) is 0 Å². The lowest BCUT2D eigenvalue weighted by atomic mass is 10.1. The van der Waals surface area contributed by atoms with Gasteiger partial charge in [-0.3, -0.25) is 4.79 Å². The van der Waals surface area contributed by atoms with Crippen LogP contribution in [0.4, 0.5) is 5.69 Å². The summed E-state index contributed by atoms with van der Waals surface area (Å²) in [5.74, 6) is -0.0646. The molecule has 0 aromatic heterocycles. The molecule has 3 heteroatoms. The zero-order valence-electron chi connectivity index (χ0n) is 9.65. The van der Waals surface area contributed by atoms with Crippen LogP contribution in [0.5, 0.6) is 0 Å². The number of aryl methyl sites for hydroxylation is 2. The maximum absolute atomic E-state index is 11.8. The van der Waals surface area contributed by atoms with Crippen molar-refractivity contribution in [2.75, 3.05) is 11.4 Å². The van der Waals surface area contributed by atoms with Crippen molar-refractivity contribution in [3.63, 3.8) is 0 Å². The van der Waals surface area contributed by atoms with Gasteiger partial charge < -0.3 is 4.90 Å². The largest absolute Gasteiger partial charge is 0.311 e. The van der Waals surface area contributed by atoms with E-state index in [-0.39, 0.29) is 11.8 Å². The number of hydrogen-bond acceptors (Lipinski definition) is 2. The first-order valence-electron chi connectivity index (χ1n) is 6.10. The molecule has 1 atom stereocenters. The average molecular weight is 226 g/mol. The number of nitrogens with zero attached hydrogens (tertiary/aromatic N) is 2. The third-order valence-electron chi connectivity index (χ3n) is 3.70. The summed E-state index contributed by atoms with van der Waals surface area (Å²) in [6.07, 6.45) is 3.86. The minimum atomic E-state index is -0.143. The lowest BCUT2D eigenvalue weighted by Crippen LogP contribution is -2.24. The van der Waals surface area contributed by atoms with E-state index in [2.05, 4.69) is 18.2 Å². The van der Waals surface area contributed by atoms with Gasteiger partial charge in [0.15, 0.2) is 0 Å². The van der Waals surface area contributed by atoms with Gasteiger partial charge in [-0.1, -0.05) is 6.07 Å². The first-order valence-corrected chi connectivity index (χ1v) is 6.10. The highest BCUT2D eigenvalue weighted by molar-refractivity contribution is 5.96. The average Bonchev–Trinajstić information content (AvgIpc) is 2.93. The van der Waals surface area contributed by atoms with Crippen LogP contribution < -0.4 is 4.90 Å². The van der Waals surface area contributed by atoms with Crippen molar-refractivity contribution in [2.45, 2.75) is 25.7 Å². The van der Waals surface area contributed by atoms with Crippen molar-refractivity contribution in [3.8, 4) is 6.07 Å². The van der Waals surface area contributed by atoms with E-state index >= 15 is 0 Å². The summed E-state index contributed by atoms with van der Waals surface area (Å²) in [5.41, 5.74) is 3.75. The molecule has 17 heavy (non-hydrogen) atoms. The second-order valence-corrected chi connectivity index (χ2v) is 4.84. The fourth-order valence-electron chi connectivity index (χ4n) is 2.77. The van der Waals surface area contributed by atoms with Crippen molar-refractivity contribution < 1.29 is 4.79 Å². The SMILES string of the molecule is N#CC1CC(=O)N(c2ccc3c(c2)CCC3)C1. The Hall–Kier alpha value is -1.82. The smallest absolute Gasteiger partial charge is 0.228 e. The van der Waals surface area contributed by atoms with Gasteiger partial charge in [-0.05, 0) is 42.5 Å². The second kappa shape index (κ2) is 3.89. The normalized spacial score (nSPS) is 22.6. The molecular weight excluding hydrogens is 212 g/mol. The third kappa shape index (κ3) is 1.70. The van der Waals surface area contributed by atoms with Crippen LogP contribution >= 0.6 is 0 Å². The van der Waals surface area contributed by atoms with Gasteiger partial charge in [0, 0.05) is 18.7 Å². The topological polar surface area (TPSA) is 44.1 Å². The quantitative estimate of drug-likeness (QED) is 0.735. The number of amides is 1. The highest BCUT2D eigenvalue weighted by Crippen LogP contribution is 2.30. The first-order chi connectivity index (χ1) is 8.28. The van der Waals surface area contributed by atoms with E-state index in [0.29, 0.717) is 13.0 Å². The molecule has 1 fully saturated rings. The number of nitriles is 1. The summed E-state index contributed by atoms with van der Waals surface area (Å²) in [4.78, 5) is 13.6. The monoisotopic (exact) mass is 226 g/mol. The third-order valence-corrected chi connectivity index (χ3v) is 3.70. The van der Waals surface area contributed by atoms with Crippen molar-refractivity contribution in [1.29, 1.82) is 5.26 Å². The molecule has 1 unspecified atom stereocenters. The van der Waals surface area contributed by atoms with Crippen molar-refractivity contribution >= 4 is 11.6 Å². The summed E-state index contributed by atoms with van der Waals surface area (Å²) in [6, 6.07) is 8.45. The van der Waals surface area contributed by atoms with Crippen LogP contribution in [0.15, 0.2) is 18.2 Å². The van der Waals surface area contributed by atoms with E-state index in [1.165, 1.54) is 17.5 Å². The molecule has 0 spiro atoms. The molecule has 3 nitrogen and oxygen atoms in total. The van der Waals surface area contributed by atoms with Crippen LogP contribution in [0.1, 0.15) is 24.0 Å². The molecule has 1 amide bonds. The summed E-state index contributed by atoms with van der Waals surface area (Å²) in [6.45, 7) is 0.550. The Morgan fingerprint density at radius 3 is 2.88 bits per heavy atom. The van der Waals surface area contributed by atoms with Crippen LogP contribution in [-0.4, -0.2) is 12.5 Å². The molecule has 0 N–H and O–H groups in total. The number of hydrogen-bond donors (Lipinski definition) is 0. The fourth-order valence-corrected chi connectivity index (χ4v) is 2.77. The molecule has 2 aliphatic rings. The number of carbonyl (C=O) groups is 1. The molecule has 0 saturated carbocycles. The fraction of sp³-hybridized carbons (Fsp3) is 0.429. The Morgan fingerprint density at radius 2 is 2.12 bits per heavy atom. The van der Waals surface area contributed by atoms with Gasteiger partial charge in [-0.15, -0.1) is 0 Å². The number of carbonyl (C=O) groups excluding carboxylic acids is 1. The van der Waals surface area contributed by atoms with Gasteiger partial charge in [0.25, 0.3) is 0 Å². The second-order valence-electron chi connectivity index (χ2n) is 4.84. The van der Waals surface area contributed by atoms with E-state index in [4.69, 9.17) is 5.26 Å². The van der Waals surface area contributed by atoms with E-state index < -0.39 is 0 Å². The Morgan fingerprint density at radius 1 is 1.29 bits per heavy atom. The Balaban J connectivity index is 1.90. The summed E-state index contributed by atoms with van der Waals surface area (Å²) < 4.78 is 0. The Labute approximate surface area is 101 Å². The van der Waals surface area contributed by atoms with E-state index in [1.54, 1.807) is 4.90 Å². The Bertz CT molecular complexity index is 515. The van der Waals surface area contributed by atoms with Crippen molar-refractivity contribution in [3.05, 3.63) is 29.3 Å². The molecule has 1 aromatic rings. The van der Waals surface area contributed by atoms with Gasteiger partial charge >= 0.3 is 0 Å². The van der Waals surface area contributed by atoms with Crippen LogP contribution in [0.2, 0.25) is 0 Å². The van der Waals surface area contributed by atoms with Crippen molar-refractivity contribution in [2.24, 2.45) is 5.92 Å². The molecule has 1 saturated heterocycles. The first kappa shape index (κ1) is 10.3. The number of rotatable bonds is 1. The minimum absolute atomic E-state index is 0.0782. The van der Waals surface area contributed by atoms with Crippen LogP contribution in [-0.2, 0) is 17.6 Å². The van der Waals surface area contributed by atoms with Crippen LogP contribution in [0.3, 0.4) is 0 Å². The number of anilines is 1. The molecule has 86 valence electrons. The number of fused-ring (bicyclic) bond motifs is 1.